The van der Waals surface area contributed by atoms with E-state index in [4.69, 9.17) is 9.15 Å². The predicted molar refractivity (Wildman–Crippen MR) is 95.7 cm³/mol. The van der Waals surface area contributed by atoms with Crippen LogP contribution in [0.25, 0.3) is 11.1 Å². The van der Waals surface area contributed by atoms with Crippen molar-refractivity contribution in [1.82, 2.24) is 9.88 Å². The first kappa shape index (κ1) is 16.4. The Morgan fingerprint density at radius 1 is 1.28 bits per heavy atom. The third-order valence-electron chi connectivity index (χ3n) is 5.46. The molecule has 2 fully saturated rings. The zero-order valence-electron chi connectivity index (χ0n) is 15.0. The van der Waals surface area contributed by atoms with E-state index in [1.165, 1.54) is 5.56 Å². The maximum absolute atomic E-state index is 12.8. The summed E-state index contributed by atoms with van der Waals surface area (Å²) in [6.45, 7) is 5.69. The van der Waals surface area contributed by atoms with E-state index >= 15 is 0 Å². The number of oxazole rings is 1. The monoisotopic (exact) mass is 343 g/mol. The summed E-state index contributed by atoms with van der Waals surface area (Å²) in [5.74, 6) is 0.303. The zero-order chi connectivity index (χ0) is 17.4. The van der Waals surface area contributed by atoms with Gasteiger partial charge in [0.25, 0.3) is 6.01 Å². The minimum Gasteiger partial charge on any atom is -0.423 e. The van der Waals surface area contributed by atoms with Gasteiger partial charge in [0.05, 0.1) is 5.41 Å². The van der Waals surface area contributed by atoms with Gasteiger partial charge in [-0.3, -0.25) is 4.79 Å². The van der Waals surface area contributed by atoms with Gasteiger partial charge in [-0.05, 0) is 43.9 Å². The molecule has 0 bridgehead atoms. The van der Waals surface area contributed by atoms with Crippen LogP contribution >= 0.6 is 0 Å². The molecule has 134 valence electrons. The molecule has 25 heavy (non-hydrogen) atoms. The van der Waals surface area contributed by atoms with Crippen molar-refractivity contribution in [2.45, 2.75) is 26.2 Å². The van der Waals surface area contributed by atoms with Crippen molar-refractivity contribution in [2.75, 3.05) is 44.8 Å². The lowest BCUT2D eigenvalue weighted by atomic mass is 10.0. The molecule has 4 rings (SSSR count). The van der Waals surface area contributed by atoms with Crippen LogP contribution in [0.5, 0.6) is 0 Å². The SMILES string of the molecule is COCCC1(C(=O)N2CCN(c3nc4cc(C)ccc4o3)CC2)CC1. The largest absolute Gasteiger partial charge is 0.423 e. The summed E-state index contributed by atoms with van der Waals surface area (Å²) in [6, 6.07) is 6.69. The van der Waals surface area contributed by atoms with Crippen molar-refractivity contribution in [1.29, 1.82) is 0 Å². The maximum Gasteiger partial charge on any atom is 0.298 e. The molecule has 1 saturated heterocycles. The molecule has 0 unspecified atom stereocenters. The Morgan fingerprint density at radius 3 is 2.72 bits per heavy atom. The molecule has 2 aromatic rings. The zero-order valence-corrected chi connectivity index (χ0v) is 15.0. The number of ether oxygens (including phenoxy) is 1. The number of nitrogens with zero attached hydrogens (tertiary/aromatic N) is 3. The van der Waals surface area contributed by atoms with E-state index in [0.717, 1.165) is 56.5 Å². The minimum atomic E-state index is -0.146. The van der Waals surface area contributed by atoms with Crippen LogP contribution in [0.4, 0.5) is 6.01 Å². The number of hydrogen-bond donors (Lipinski definition) is 0. The van der Waals surface area contributed by atoms with Crippen LogP contribution in [0.2, 0.25) is 0 Å². The predicted octanol–water partition coefficient (Wildman–Crippen LogP) is 2.60. The summed E-state index contributed by atoms with van der Waals surface area (Å²) in [7, 11) is 1.70. The van der Waals surface area contributed by atoms with E-state index in [2.05, 4.69) is 16.8 Å². The molecule has 1 saturated carbocycles. The lowest BCUT2D eigenvalue weighted by molar-refractivity contribution is -0.138. The molecule has 0 radical (unpaired) electrons. The third-order valence-corrected chi connectivity index (χ3v) is 5.46. The summed E-state index contributed by atoms with van der Waals surface area (Å²) in [5, 5.41) is 0. The summed E-state index contributed by atoms with van der Waals surface area (Å²) < 4.78 is 11.1. The number of rotatable bonds is 5. The van der Waals surface area contributed by atoms with E-state index < -0.39 is 0 Å². The number of methoxy groups -OCH3 is 1. The third kappa shape index (κ3) is 3.11. The average molecular weight is 343 g/mol. The molecule has 6 heteroatoms. The van der Waals surface area contributed by atoms with E-state index in [9.17, 15) is 4.79 Å². The number of aromatic nitrogens is 1. The summed E-state index contributed by atoms with van der Waals surface area (Å²) in [4.78, 5) is 21.6. The first-order chi connectivity index (χ1) is 12.1. The van der Waals surface area contributed by atoms with Gasteiger partial charge < -0.3 is 19.0 Å². The second-order valence-corrected chi connectivity index (χ2v) is 7.27. The molecule has 0 atom stereocenters. The molecule has 6 nitrogen and oxygen atoms in total. The molecule has 1 amide bonds. The minimum absolute atomic E-state index is 0.146. The lowest BCUT2D eigenvalue weighted by Crippen LogP contribution is -2.51. The highest BCUT2D eigenvalue weighted by molar-refractivity contribution is 5.85. The van der Waals surface area contributed by atoms with Crippen LogP contribution in [0.1, 0.15) is 24.8 Å². The molecule has 1 aliphatic carbocycles. The maximum atomic E-state index is 12.8. The fourth-order valence-corrected chi connectivity index (χ4v) is 3.62. The van der Waals surface area contributed by atoms with Crippen molar-refractivity contribution in [3.05, 3.63) is 23.8 Å². The number of piperazine rings is 1. The number of carbonyl (C=O) groups is 1. The Hall–Kier alpha value is -2.08. The van der Waals surface area contributed by atoms with Gasteiger partial charge in [-0.2, -0.15) is 4.98 Å². The molecule has 0 spiro atoms. The van der Waals surface area contributed by atoms with Crippen molar-refractivity contribution >= 4 is 23.0 Å². The van der Waals surface area contributed by atoms with Gasteiger partial charge >= 0.3 is 0 Å². The Kier molecular flexibility index (Phi) is 4.15. The highest BCUT2D eigenvalue weighted by Gasteiger charge is 2.51. The Labute approximate surface area is 147 Å². The van der Waals surface area contributed by atoms with Crippen molar-refractivity contribution in [3.63, 3.8) is 0 Å². The fourth-order valence-electron chi connectivity index (χ4n) is 3.62. The van der Waals surface area contributed by atoms with Crippen LogP contribution < -0.4 is 4.90 Å². The van der Waals surface area contributed by atoms with Gasteiger partial charge in [0, 0.05) is 39.9 Å². The second-order valence-electron chi connectivity index (χ2n) is 7.27. The van der Waals surface area contributed by atoms with Crippen LogP contribution in [0.3, 0.4) is 0 Å². The summed E-state index contributed by atoms with van der Waals surface area (Å²) in [5.41, 5.74) is 2.74. The molecular weight excluding hydrogens is 318 g/mol. The number of hydrogen-bond acceptors (Lipinski definition) is 5. The fraction of sp³-hybridized carbons (Fsp3) is 0.579. The highest BCUT2D eigenvalue weighted by atomic mass is 16.5. The molecule has 1 aromatic heterocycles. The van der Waals surface area contributed by atoms with E-state index in [1.54, 1.807) is 7.11 Å². The van der Waals surface area contributed by atoms with Crippen LogP contribution in [-0.2, 0) is 9.53 Å². The van der Waals surface area contributed by atoms with Gasteiger partial charge in [-0.1, -0.05) is 6.07 Å². The standard InChI is InChI=1S/C19H25N3O3/c1-14-3-4-16-15(13-14)20-18(25-16)22-10-8-21(9-11-22)17(23)19(5-6-19)7-12-24-2/h3-4,13H,5-12H2,1-2H3. The number of amides is 1. The van der Waals surface area contributed by atoms with Crippen LogP contribution in [-0.4, -0.2) is 55.7 Å². The number of fused-ring (bicyclic) bond motifs is 1. The van der Waals surface area contributed by atoms with E-state index in [1.807, 2.05) is 23.1 Å². The van der Waals surface area contributed by atoms with Crippen LogP contribution in [0, 0.1) is 12.3 Å². The van der Waals surface area contributed by atoms with Gasteiger partial charge in [0.2, 0.25) is 5.91 Å². The Morgan fingerprint density at radius 2 is 2.04 bits per heavy atom. The van der Waals surface area contributed by atoms with E-state index in [-0.39, 0.29) is 5.41 Å². The number of aryl methyl sites for hydroxylation is 1. The molecule has 1 aliphatic heterocycles. The average Bonchev–Trinajstić information content (AvgIpc) is 3.31. The van der Waals surface area contributed by atoms with Gasteiger partial charge in [-0.15, -0.1) is 0 Å². The number of benzene rings is 1. The Bertz CT molecular complexity index is 773. The van der Waals surface area contributed by atoms with Crippen molar-refractivity contribution in [2.24, 2.45) is 5.41 Å². The second kappa shape index (κ2) is 6.33. The number of anilines is 1. The Balaban J connectivity index is 1.40. The van der Waals surface area contributed by atoms with Gasteiger partial charge in [0.1, 0.15) is 5.52 Å². The normalized spacial score (nSPS) is 19.4. The van der Waals surface area contributed by atoms with Gasteiger partial charge in [0.15, 0.2) is 5.58 Å². The molecule has 1 aromatic carbocycles. The van der Waals surface area contributed by atoms with Crippen molar-refractivity contribution in [3.8, 4) is 0 Å². The van der Waals surface area contributed by atoms with E-state index in [0.29, 0.717) is 18.5 Å². The first-order valence-corrected chi connectivity index (χ1v) is 9.02. The molecule has 2 heterocycles. The number of carbonyl (C=O) groups excluding carboxylic acids is 1. The first-order valence-electron chi connectivity index (χ1n) is 9.02. The molecule has 0 N–H and O–H groups in total. The topological polar surface area (TPSA) is 58.8 Å². The quantitative estimate of drug-likeness (QED) is 0.835. The summed E-state index contributed by atoms with van der Waals surface area (Å²) >= 11 is 0. The summed E-state index contributed by atoms with van der Waals surface area (Å²) in [6.07, 6.45) is 2.84. The molecule has 2 aliphatic rings. The molecular formula is C19H25N3O3. The smallest absolute Gasteiger partial charge is 0.298 e. The lowest BCUT2D eigenvalue weighted by Gasteiger charge is -2.35. The van der Waals surface area contributed by atoms with Gasteiger partial charge in [-0.25, -0.2) is 0 Å². The highest BCUT2D eigenvalue weighted by Crippen LogP contribution is 2.50. The van der Waals surface area contributed by atoms with Crippen LogP contribution in [0.15, 0.2) is 22.6 Å². The van der Waals surface area contributed by atoms with Crippen molar-refractivity contribution < 1.29 is 13.9 Å².